The van der Waals surface area contributed by atoms with Crippen LogP contribution in [0.1, 0.15) is 63.7 Å². The Kier molecular flexibility index (Phi) is 5.06. The second kappa shape index (κ2) is 7.27. The smallest absolute Gasteiger partial charge is 0.338 e. The van der Waals surface area contributed by atoms with E-state index in [2.05, 4.69) is 12.2 Å². The summed E-state index contributed by atoms with van der Waals surface area (Å²) in [5, 5.41) is 2.88. The fourth-order valence-corrected chi connectivity index (χ4v) is 3.38. The van der Waals surface area contributed by atoms with E-state index in [-0.39, 0.29) is 35.2 Å². The second-order valence-electron chi connectivity index (χ2n) is 7.03. The first-order valence-corrected chi connectivity index (χ1v) is 8.79. The van der Waals surface area contributed by atoms with Crippen LogP contribution in [0.5, 0.6) is 0 Å². The molecule has 1 aromatic carbocycles. The lowest BCUT2D eigenvalue weighted by atomic mass is 9.87. The number of ether oxygens (including phenoxy) is 1. The van der Waals surface area contributed by atoms with Crippen molar-refractivity contribution < 1.29 is 23.9 Å². The van der Waals surface area contributed by atoms with Crippen LogP contribution < -0.4 is 5.32 Å². The summed E-state index contributed by atoms with van der Waals surface area (Å²) in [5.74, 6) is -1.19. The van der Waals surface area contributed by atoms with Gasteiger partial charge in [0.25, 0.3) is 17.7 Å². The Bertz CT molecular complexity index is 765. The normalized spacial score (nSPS) is 22.2. The number of nitrogens with zero attached hydrogens (tertiary/aromatic N) is 1. The number of hydrogen-bond donors (Lipinski definition) is 1. The first-order valence-electron chi connectivity index (χ1n) is 8.79. The molecule has 1 aliphatic heterocycles. The van der Waals surface area contributed by atoms with E-state index in [0.29, 0.717) is 5.92 Å². The largest absolute Gasteiger partial charge is 0.452 e. The van der Waals surface area contributed by atoms with Crippen molar-refractivity contribution in [2.24, 2.45) is 5.92 Å². The first-order chi connectivity index (χ1) is 12.4. The predicted octanol–water partition coefficient (Wildman–Crippen LogP) is 1.76. The number of rotatable bonds is 4. The third-order valence-electron chi connectivity index (χ3n) is 5.04. The highest BCUT2D eigenvalue weighted by atomic mass is 16.5. The van der Waals surface area contributed by atoms with Gasteiger partial charge in [0, 0.05) is 13.1 Å². The molecule has 3 amide bonds. The van der Waals surface area contributed by atoms with Gasteiger partial charge in [-0.1, -0.05) is 6.92 Å². The zero-order valence-electron chi connectivity index (χ0n) is 14.9. The third kappa shape index (κ3) is 3.61. The van der Waals surface area contributed by atoms with Gasteiger partial charge < -0.3 is 10.1 Å². The molecule has 1 fully saturated rings. The topological polar surface area (TPSA) is 92.8 Å². The fourth-order valence-electron chi connectivity index (χ4n) is 3.38. The number of carbonyl (C=O) groups excluding carboxylic acids is 4. The van der Waals surface area contributed by atoms with Crippen LogP contribution in [0, 0.1) is 5.92 Å². The van der Waals surface area contributed by atoms with Gasteiger partial charge in [0.2, 0.25) is 0 Å². The molecule has 1 saturated carbocycles. The highest BCUT2D eigenvalue weighted by molar-refractivity contribution is 6.21. The molecule has 26 heavy (non-hydrogen) atoms. The minimum Gasteiger partial charge on any atom is -0.452 e. The number of nitrogens with one attached hydrogen (secondary N) is 1. The van der Waals surface area contributed by atoms with Gasteiger partial charge in [0.1, 0.15) is 0 Å². The van der Waals surface area contributed by atoms with E-state index in [1.54, 1.807) is 0 Å². The minimum atomic E-state index is -0.699. The van der Waals surface area contributed by atoms with E-state index in [9.17, 15) is 19.2 Å². The summed E-state index contributed by atoms with van der Waals surface area (Å²) in [6.07, 6.45) is 4.05. The molecule has 0 saturated heterocycles. The van der Waals surface area contributed by atoms with Crippen LogP contribution >= 0.6 is 0 Å². The van der Waals surface area contributed by atoms with Crippen LogP contribution in [0.3, 0.4) is 0 Å². The second-order valence-corrected chi connectivity index (χ2v) is 7.03. The zero-order chi connectivity index (χ0) is 18.8. The van der Waals surface area contributed by atoms with E-state index in [1.807, 2.05) is 0 Å². The van der Waals surface area contributed by atoms with Crippen molar-refractivity contribution in [3.05, 3.63) is 34.9 Å². The molecule has 1 aromatic rings. The summed E-state index contributed by atoms with van der Waals surface area (Å²) in [5.41, 5.74) is 0.575. The van der Waals surface area contributed by atoms with Crippen molar-refractivity contribution in [2.45, 2.75) is 38.6 Å². The monoisotopic (exact) mass is 358 g/mol. The van der Waals surface area contributed by atoms with Gasteiger partial charge in [-0.05, 0) is 49.8 Å². The van der Waals surface area contributed by atoms with Crippen LogP contribution in [-0.2, 0) is 9.53 Å². The number of fused-ring (bicyclic) bond motifs is 1. The van der Waals surface area contributed by atoms with Crippen molar-refractivity contribution in [1.29, 1.82) is 0 Å². The van der Waals surface area contributed by atoms with Crippen molar-refractivity contribution in [3.63, 3.8) is 0 Å². The molecule has 0 atom stereocenters. The summed E-state index contributed by atoms with van der Waals surface area (Å²) in [4.78, 5) is 48.9. The Balaban J connectivity index is 1.55. The number of carbonyl (C=O) groups is 4. The van der Waals surface area contributed by atoms with Crippen molar-refractivity contribution in [1.82, 2.24) is 10.2 Å². The molecule has 0 radical (unpaired) electrons. The Morgan fingerprint density at radius 2 is 1.77 bits per heavy atom. The average Bonchev–Trinajstić information content (AvgIpc) is 2.85. The van der Waals surface area contributed by atoms with E-state index in [0.717, 1.165) is 30.6 Å². The van der Waals surface area contributed by atoms with Crippen molar-refractivity contribution >= 4 is 23.7 Å². The lowest BCUT2D eigenvalue weighted by molar-refractivity contribution is -0.125. The molecule has 2 aliphatic rings. The van der Waals surface area contributed by atoms with Gasteiger partial charge in [-0.25, -0.2) is 4.79 Å². The highest BCUT2D eigenvalue weighted by Crippen LogP contribution is 2.24. The number of benzene rings is 1. The fraction of sp³-hybridized carbons (Fsp3) is 0.474. The summed E-state index contributed by atoms with van der Waals surface area (Å²) < 4.78 is 5.04. The molecule has 1 N–H and O–H groups in total. The molecule has 0 unspecified atom stereocenters. The number of hydrogen-bond acceptors (Lipinski definition) is 5. The molecule has 0 bridgehead atoms. The molecular formula is C19H22N2O5. The van der Waals surface area contributed by atoms with E-state index < -0.39 is 17.8 Å². The standard InChI is InChI=1S/C19H22N2O5/c1-11-3-6-13(7-4-11)20-16(22)10-26-19(25)12-5-8-14-15(9-12)18(24)21(2)17(14)23/h5,8-9,11,13H,3-4,6-7,10H2,1-2H3,(H,20,22). The molecular weight excluding hydrogens is 336 g/mol. The van der Waals surface area contributed by atoms with E-state index in [4.69, 9.17) is 4.74 Å². The number of amides is 3. The molecule has 7 heteroatoms. The predicted molar refractivity (Wildman–Crippen MR) is 92.7 cm³/mol. The summed E-state index contributed by atoms with van der Waals surface area (Å²) >= 11 is 0. The van der Waals surface area contributed by atoms with E-state index in [1.165, 1.54) is 25.2 Å². The maximum Gasteiger partial charge on any atom is 0.338 e. The van der Waals surface area contributed by atoms with Gasteiger partial charge >= 0.3 is 5.97 Å². The number of imide groups is 1. The van der Waals surface area contributed by atoms with Crippen LogP contribution in [0.4, 0.5) is 0 Å². The Morgan fingerprint density at radius 1 is 1.12 bits per heavy atom. The van der Waals surface area contributed by atoms with E-state index >= 15 is 0 Å². The highest BCUT2D eigenvalue weighted by Gasteiger charge is 2.33. The van der Waals surface area contributed by atoms with Gasteiger partial charge in [-0.15, -0.1) is 0 Å². The minimum absolute atomic E-state index is 0.136. The Morgan fingerprint density at radius 3 is 2.46 bits per heavy atom. The molecule has 7 nitrogen and oxygen atoms in total. The zero-order valence-corrected chi connectivity index (χ0v) is 14.9. The van der Waals surface area contributed by atoms with Gasteiger partial charge in [0.15, 0.2) is 6.61 Å². The molecule has 3 rings (SSSR count). The first kappa shape index (κ1) is 18.1. The van der Waals surface area contributed by atoms with Crippen molar-refractivity contribution in [2.75, 3.05) is 13.7 Å². The molecule has 0 aromatic heterocycles. The maximum absolute atomic E-state index is 12.1. The molecule has 138 valence electrons. The average molecular weight is 358 g/mol. The van der Waals surface area contributed by atoms with Gasteiger partial charge in [-0.3, -0.25) is 19.3 Å². The van der Waals surface area contributed by atoms with Crippen LogP contribution in [-0.4, -0.2) is 48.3 Å². The van der Waals surface area contributed by atoms with Crippen LogP contribution in [0.2, 0.25) is 0 Å². The third-order valence-corrected chi connectivity index (χ3v) is 5.04. The molecule has 1 heterocycles. The quantitative estimate of drug-likeness (QED) is 0.654. The van der Waals surface area contributed by atoms with Gasteiger partial charge in [0.05, 0.1) is 16.7 Å². The summed E-state index contributed by atoms with van der Waals surface area (Å²) in [7, 11) is 1.39. The van der Waals surface area contributed by atoms with Crippen LogP contribution in [0.25, 0.3) is 0 Å². The Hall–Kier alpha value is -2.70. The lowest BCUT2D eigenvalue weighted by Gasteiger charge is -2.26. The number of esters is 1. The SMILES string of the molecule is CC1CCC(NC(=O)COC(=O)c2ccc3c(c2)C(=O)N(C)C3=O)CC1. The molecule has 0 spiro atoms. The van der Waals surface area contributed by atoms with Gasteiger partial charge in [-0.2, -0.15) is 0 Å². The van der Waals surface area contributed by atoms with Crippen LogP contribution in [0.15, 0.2) is 18.2 Å². The maximum atomic E-state index is 12.1. The Labute approximate surface area is 151 Å². The van der Waals surface area contributed by atoms with Crippen molar-refractivity contribution in [3.8, 4) is 0 Å². The lowest BCUT2D eigenvalue weighted by Crippen LogP contribution is -2.39. The summed E-state index contributed by atoms with van der Waals surface area (Å²) in [6.45, 7) is 1.83. The molecule has 1 aliphatic carbocycles. The summed E-state index contributed by atoms with van der Waals surface area (Å²) in [6, 6.07) is 4.32.